The van der Waals surface area contributed by atoms with E-state index in [1.165, 1.54) is 0 Å². The van der Waals surface area contributed by atoms with Crippen LogP contribution in [-0.4, -0.2) is 18.2 Å². The lowest BCUT2D eigenvalue weighted by molar-refractivity contribution is 0.114. The van der Waals surface area contributed by atoms with Gasteiger partial charge in [0.2, 0.25) is 0 Å². The van der Waals surface area contributed by atoms with Crippen molar-refractivity contribution in [2.45, 2.75) is 31.4 Å². The van der Waals surface area contributed by atoms with E-state index in [1.807, 2.05) is 0 Å². The van der Waals surface area contributed by atoms with Gasteiger partial charge in [-0.25, -0.2) is 4.79 Å². The SMILES string of the molecule is NC1CCC(OC(=O)Nc2cc(Cl)ccc2Cl)C1. The first kappa shape index (κ1) is 13.5. The van der Waals surface area contributed by atoms with E-state index in [0.717, 1.165) is 12.8 Å². The predicted molar refractivity (Wildman–Crippen MR) is 72.2 cm³/mol. The molecule has 1 aromatic carbocycles. The number of benzene rings is 1. The van der Waals surface area contributed by atoms with Crippen molar-refractivity contribution in [1.29, 1.82) is 0 Å². The Hall–Kier alpha value is -0.970. The Balaban J connectivity index is 1.92. The number of ether oxygens (including phenoxy) is 1. The summed E-state index contributed by atoms with van der Waals surface area (Å²) < 4.78 is 5.25. The number of halogens is 2. The number of carbonyl (C=O) groups is 1. The highest BCUT2D eigenvalue weighted by Crippen LogP contribution is 2.26. The minimum Gasteiger partial charge on any atom is -0.446 e. The maximum atomic E-state index is 11.7. The maximum absolute atomic E-state index is 11.7. The van der Waals surface area contributed by atoms with Crippen LogP contribution in [0.25, 0.3) is 0 Å². The highest BCUT2D eigenvalue weighted by atomic mass is 35.5. The molecule has 1 aliphatic carbocycles. The molecule has 1 fully saturated rings. The number of amides is 1. The van der Waals surface area contributed by atoms with Gasteiger partial charge in [-0.15, -0.1) is 0 Å². The van der Waals surface area contributed by atoms with E-state index in [4.69, 9.17) is 33.7 Å². The van der Waals surface area contributed by atoms with E-state index in [-0.39, 0.29) is 12.1 Å². The van der Waals surface area contributed by atoms with Crippen LogP contribution >= 0.6 is 23.2 Å². The Kier molecular flexibility index (Phi) is 4.32. The zero-order valence-corrected chi connectivity index (χ0v) is 11.2. The summed E-state index contributed by atoms with van der Waals surface area (Å²) in [4.78, 5) is 11.7. The summed E-state index contributed by atoms with van der Waals surface area (Å²) in [5, 5.41) is 3.49. The lowest BCUT2D eigenvalue weighted by Gasteiger charge is -2.13. The molecule has 1 saturated carbocycles. The molecule has 1 aliphatic rings. The van der Waals surface area contributed by atoms with Crippen molar-refractivity contribution >= 4 is 35.0 Å². The van der Waals surface area contributed by atoms with Crippen LogP contribution in [0.5, 0.6) is 0 Å². The molecule has 0 spiro atoms. The van der Waals surface area contributed by atoms with Gasteiger partial charge in [-0.1, -0.05) is 23.2 Å². The third-order valence-corrected chi connectivity index (χ3v) is 3.43. The summed E-state index contributed by atoms with van der Waals surface area (Å²) in [6.07, 6.45) is 1.75. The molecular weight excluding hydrogens is 275 g/mol. The largest absolute Gasteiger partial charge is 0.446 e. The van der Waals surface area contributed by atoms with Crippen molar-refractivity contribution < 1.29 is 9.53 Å². The third-order valence-electron chi connectivity index (χ3n) is 2.86. The van der Waals surface area contributed by atoms with Crippen LogP contribution < -0.4 is 11.1 Å². The minimum atomic E-state index is -0.529. The molecule has 2 atom stereocenters. The minimum absolute atomic E-state index is 0.113. The van der Waals surface area contributed by atoms with Crippen molar-refractivity contribution in [2.24, 2.45) is 5.73 Å². The summed E-state index contributed by atoms with van der Waals surface area (Å²) in [5.74, 6) is 0. The topological polar surface area (TPSA) is 64.3 Å². The fourth-order valence-corrected chi connectivity index (χ4v) is 2.30. The van der Waals surface area contributed by atoms with Crippen LogP contribution in [0.4, 0.5) is 10.5 Å². The number of rotatable bonds is 2. The fourth-order valence-electron chi connectivity index (χ4n) is 1.96. The molecule has 0 heterocycles. The second kappa shape index (κ2) is 5.78. The number of hydrogen-bond donors (Lipinski definition) is 2. The number of hydrogen-bond acceptors (Lipinski definition) is 3. The molecule has 1 aromatic rings. The van der Waals surface area contributed by atoms with E-state index in [1.54, 1.807) is 18.2 Å². The van der Waals surface area contributed by atoms with E-state index in [9.17, 15) is 4.79 Å². The first-order valence-electron chi connectivity index (χ1n) is 5.73. The predicted octanol–water partition coefficient (Wildman–Crippen LogP) is 3.42. The lowest BCUT2D eigenvalue weighted by atomic mass is 10.3. The van der Waals surface area contributed by atoms with Gasteiger partial charge >= 0.3 is 6.09 Å². The molecule has 0 bridgehead atoms. The van der Waals surface area contributed by atoms with Gasteiger partial charge in [0, 0.05) is 11.1 Å². The highest BCUT2D eigenvalue weighted by molar-refractivity contribution is 6.35. The van der Waals surface area contributed by atoms with Crippen molar-refractivity contribution in [3.8, 4) is 0 Å². The number of anilines is 1. The smallest absolute Gasteiger partial charge is 0.411 e. The maximum Gasteiger partial charge on any atom is 0.411 e. The molecule has 0 aromatic heterocycles. The van der Waals surface area contributed by atoms with Gasteiger partial charge in [0.1, 0.15) is 6.10 Å². The van der Waals surface area contributed by atoms with Crippen molar-refractivity contribution in [3.63, 3.8) is 0 Å². The first-order chi connectivity index (χ1) is 8.54. The Bertz CT molecular complexity index is 454. The zero-order chi connectivity index (χ0) is 13.1. The number of nitrogens with one attached hydrogen (secondary N) is 1. The molecule has 4 nitrogen and oxygen atoms in total. The quantitative estimate of drug-likeness (QED) is 0.876. The van der Waals surface area contributed by atoms with Gasteiger partial charge < -0.3 is 10.5 Å². The van der Waals surface area contributed by atoms with Gasteiger partial charge in [0.05, 0.1) is 10.7 Å². The Labute approximate surface area is 115 Å². The number of nitrogens with two attached hydrogens (primary N) is 1. The third kappa shape index (κ3) is 3.51. The highest BCUT2D eigenvalue weighted by Gasteiger charge is 2.25. The second-order valence-corrected chi connectivity index (χ2v) is 5.19. The van der Waals surface area contributed by atoms with Gasteiger partial charge in [-0.3, -0.25) is 5.32 Å². The molecule has 1 amide bonds. The van der Waals surface area contributed by atoms with Crippen LogP contribution in [0.15, 0.2) is 18.2 Å². The molecule has 0 radical (unpaired) electrons. The summed E-state index contributed by atoms with van der Waals surface area (Å²) in [6.45, 7) is 0. The molecule has 98 valence electrons. The van der Waals surface area contributed by atoms with Crippen LogP contribution in [0.3, 0.4) is 0 Å². The molecule has 2 rings (SSSR count). The standard InChI is InChI=1S/C12H14Cl2N2O2/c13-7-1-4-10(14)11(5-7)16-12(17)18-9-3-2-8(15)6-9/h1,4-5,8-9H,2-3,6,15H2,(H,16,17). The van der Waals surface area contributed by atoms with Gasteiger partial charge in [-0.05, 0) is 37.5 Å². The van der Waals surface area contributed by atoms with Gasteiger partial charge in [0.15, 0.2) is 0 Å². The molecule has 0 saturated heterocycles. The van der Waals surface area contributed by atoms with E-state index < -0.39 is 6.09 Å². The molecular formula is C12H14Cl2N2O2. The number of carbonyl (C=O) groups excluding carboxylic acids is 1. The van der Waals surface area contributed by atoms with E-state index in [2.05, 4.69) is 5.32 Å². The fraction of sp³-hybridized carbons (Fsp3) is 0.417. The first-order valence-corrected chi connectivity index (χ1v) is 6.48. The Morgan fingerprint density at radius 1 is 1.39 bits per heavy atom. The summed E-state index contributed by atoms with van der Waals surface area (Å²) in [7, 11) is 0. The van der Waals surface area contributed by atoms with Crippen LogP contribution in [0.1, 0.15) is 19.3 Å². The van der Waals surface area contributed by atoms with Gasteiger partial charge in [0.25, 0.3) is 0 Å². The summed E-state index contributed by atoms with van der Waals surface area (Å²) >= 11 is 11.8. The summed E-state index contributed by atoms with van der Waals surface area (Å²) in [6, 6.07) is 4.96. The van der Waals surface area contributed by atoms with Crippen LogP contribution in [-0.2, 0) is 4.74 Å². The van der Waals surface area contributed by atoms with Crippen molar-refractivity contribution in [1.82, 2.24) is 0 Å². The zero-order valence-electron chi connectivity index (χ0n) is 9.66. The van der Waals surface area contributed by atoms with Crippen LogP contribution in [0, 0.1) is 0 Å². The van der Waals surface area contributed by atoms with Gasteiger partial charge in [-0.2, -0.15) is 0 Å². The van der Waals surface area contributed by atoms with E-state index in [0.29, 0.717) is 22.2 Å². The Morgan fingerprint density at radius 3 is 2.83 bits per heavy atom. The lowest BCUT2D eigenvalue weighted by Crippen LogP contribution is -2.23. The molecule has 6 heteroatoms. The summed E-state index contributed by atoms with van der Waals surface area (Å²) in [5.41, 5.74) is 6.19. The molecule has 0 aliphatic heterocycles. The molecule has 2 unspecified atom stereocenters. The monoisotopic (exact) mass is 288 g/mol. The van der Waals surface area contributed by atoms with E-state index >= 15 is 0 Å². The average molecular weight is 289 g/mol. The second-order valence-electron chi connectivity index (χ2n) is 4.35. The van der Waals surface area contributed by atoms with Crippen LogP contribution in [0.2, 0.25) is 10.0 Å². The van der Waals surface area contributed by atoms with Crippen molar-refractivity contribution in [3.05, 3.63) is 28.2 Å². The molecule has 3 N–H and O–H groups in total. The molecule has 18 heavy (non-hydrogen) atoms. The normalized spacial score (nSPS) is 22.8. The average Bonchev–Trinajstić information content (AvgIpc) is 2.69. The Morgan fingerprint density at radius 2 is 2.17 bits per heavy atom. The van der Waals surface area contributed by atoms with Crippen molar-refractivity contribution in [2.75, 3.05) is 5.32 Å².